The Hall–Kier alpha value is -1.72. The number of nitrogens with zero attached hydrogens (tertiary/aromatic N) is 1. The van der Waals surface area contributed by atoms with Gasteiger partial charge in [-0.25, -0.2) is 0 Å². The Balaban J connectivity index is 2.25. The van der Waals surface area contributed by atoms with Crippen molar-refractivity contribution in [1.29, 1.82) is 0 Å². The van der Waals surface area contributed by atoms with Crippen molar-refractivity contribution in [2.75, 3.05) is 7.11 Å². The van der Waals surface area contributed by atoms with E-state index in [0.29, 0.717) is 27.8 Å². The van der Waals surface area contributed by atoms with Crippen molar-refractivity contribution in [1.82, 2.24) is 5.16 Å². The Morgan fingerprint density at radius 2 is 2.10 bits per heavy atom. The van der Waals surface area contributed by atoms with Crippen LogP contribution in [0.1, 0.15) is 22.6 Å². The zero-order chi connectivity index (χ0) is 14.7. The molecule has 1 aromatic heterocycles. The maximum absolute atomic E-state index is 9.15. The number of halogens is 1. The molecular formula is C14H16ClNO4. The highest BCUT2D eigenvalue weighted by Crippen LogP contribution is 2.37. The summed E-state index contributed by atoms with van der Waals surface area (Å²) in [6.45, 7) is 3.85. The largest absolute Gasteiger partial charge is 0.493 e. The topological polar surface area (TPSA) is 64.7 Å². The van der Waals surface area contributed by atoms with Gasteiger partial charge in [0.25, 0.3) is 0 Å². The normalized spacial score (nSPS) is 10.7. The molecule has 108 valence electrons. The van der Waals surface area contributed by atoms with Gasteiger partial charge in [0.15, 0.2) is 11.5 Å². The summed E-state index contributed by atoms with van der Waals surface area (Å²) in [5.41, 5.74) is 2.33. The van der Waals surface area contributed by atoms with Crippen LogP contribution < -0.4 is 9.47 Å². The molecule has 1 heterocycles. The third kappa shape index (κ3) is 2.89. The van der Waals surface area contributed by atoms with Gasteiger partial charge in [0, 0.05) is 0 Å². The van der Waals surface area contributed by atoms with Crippen LogP contribution in [0.5, 0.6) is 11.5 Å². The number of ether oxygens (including phenoxy) is 2. The Labute approximate surface area is 122 Å². The maximum Gasteiger partial charge on any atom is 0.180 e. The van der Waals surface area contributed by atoms with E-state index in [1.807, 2.05) is 13.8 Å². The average molecular weight is 298 g/mol. The fraction of sp³-hybridized carbons (Fsp3) is 0.357. The van der Waals surface area contributed by atoms with Gasteiger partial charge < -0.3 is 19.1 Å². The van der Waals surface area contributed by atoms with Crippen molar-refractivity contribution in [3.05, 3.63) is 39.7 Å². The third-order valence-corrected chi connectivity index (χ3v) is 3.29. The predicted molar refractivity (Wildman–Crippen MR) is 74.2 cm³/mol. The number of aromatic nitrogens is 1. The lowest BCUT2D eigenvalue weighted by molar-refractivity contribution is 0.273. The standard InChI is InChI=1S/C14H16ClNO4/c1-8-11(9(2)20-16-8)7-19-14-12(15)4-10(6-17)5-13(14)18-3/h4-5,17H,6-7H2,1-3H3. The van der Waals surface area contributed by atoms with E-state index in [1.54, 1.807) is 12.1 Å². The minimum absolute atomic E-state index is 0.111. The van der Waals surface area contributed by atoms with Crippen molar-refractivity contribution in [3.8, 4) is 11.5 Å². The Morgan fingerprint density at radius 3 is 2.65 bits per heavy atom. The highest BCUT2D eigenvalue weighted by atomic mass is 35.5. The predicted octanol–water partition coefficient (Wildman–Crippen LogP) is 3.02. The second kappa shape index (κ2) is 6.15. The molecule has 0 aliphatic carbocycles. The molecule has 0 amide bonds. The molecule has 0 unspecified atom stereocenters. The van der Waals surface area contributed by atoms with Gasteiger partial charge in [0.05, 0.1) is 30.0 Å². The van der Waals surface area contributed by atoms with E-state index in [0.717, 1.165) is 11.3 Å². The van der Waals surface area contributed by atoms with Gasteiger partial charge in [-0.2, -0.15) is 0 Å². The summed E-state index contributed by atoms with van der Waals surface area (Å²) in [4.78, 5) is 0. The van der Waals surface area contributed by atoms with Gasteiger partial charge >= 0.3 is 0 Å². The number of hydrogen-bond donors (Lipinski definition) is 1. The van der Waals surface area contributed by atoms with E-state index in [2.05, 4.69) is 5.16 Å². The first-order chi connectivity index (χ1) is 9.56. The van der Waals surface area contributed by atoms with Crippen LogP contribution in [0.4, 0.5) is 0 Å². The molecule has 2 rings (SSSR count). The highest BCUT2D eigenvalue weighted by Gasteiger charge is 2.15. The number of aliphatic hydroxyl groups excluding tert-OH is 1. The van der Waals surface area contributed by atoms with Crippen molar-refractivity contribution < 1.29 is 19.1 Å². The lowest BCUT2D eigenvalue weighted by Crippen LogP contribution is -2.01. The van der Waals surface area contributed by atoms with E-state index >= 15 is 0 Å². The van der Waals surface area contributed by atoms with E-state index in [9.17, 15) is 0 Å². The molecule has 0 aliphatic heterocycles. The lowest BCUT2D eigenvalue weighted by Gasteiger charge is -2.13. The molecule has 0 spiro atoms. The van der Waals surface area contributed by atoms with Gasteiger partial charge in [0.1, 0.15) is 12.4 Å². The first kappa shape index (κ1) is 14.7. The van der Waals surface area contributed by atoms with Crippen LogP contribution in [0.2, 0.25) is 5.02 Å². The van der Waals surface area contributed by atoms with Crippen LogP contribution in [-0.4, -0.2) is 17.4 Å². The Morgan fingerprint density at radius 1 is 1.35 bits per heavy atom. The van der Waals surface area contributed by atoms with Crippen LogP contribution in [-0.2, 0) is 13.2 Å². The van der Waals surface area contributed by atoms with Gasteiger partial charge in [-0.05, 0) is 31.5 Å². The van der Waals surface area contributed by atoms with Crippen LogP contribution in [0.25, 0.3) is 0 Å². The molecular weight excluding hydrogens is 282 g/mol. The van der Waals surface area contributed by atoms with E-state index < -0.39 is 0 Å². The summed E-state index contributed by atoms with van der Waals surface area (Å²) in [5.74, 6) is 1.63. The molecule has 5 nitrogen and oxygen atoms in total. The maximum atomic E-state index is 9.15. The first-order valence-electron chi connectivity index (χ1n) is 6.08. The quantitative estimate of drug-likeness (QED) is 0.919. The molecule has 1 N–H and O–H groups in total. The van der Waals surface area contributed by atoms with Gasteiger partial charge in [-0.1, -0.05) is 16.8 Å². The summed E-state index contributed by atoms with van der Waals surface area (Å²) < 4.78 is 16.0. The zero-order valence-electron chi connectivity index (χ0n) is 11.6. The minimum atomic E-state index is -0.111. The zero-order valence-corrected chi connectivity index (χ0v) is 12.3. The molecule has 6 heteroatoms. The third-order valence-electron chi connectivity index (χ3n) is 3.01. The van der Waals surface area contributed by atoms with E-state index in [-0.39, 0.29) is 13.2 Å². The van der Waals surface area contributed by atoms with Gasteiger partial charge in [0.2, 0.25) is 0 Å². The van der Waals surface area contributed by atoms with Crippen LogP contribution in [0.3, 0.4) is 0 Å². The Bertz CT molecular complexity index is 590. The van der Waals surface area contributed by atoms with E-state index in [1.165, 1.54) is 7.11 Å². The summed E-state index contributed by atoms with van der Waals surface area (Å²) in [6.07, 6.45) is 0. The number of aryl methyl sites for hydroxylation is 2. The summed E-state index contributed by atoms with van der Waals surface area (Å²) in [5, 5.41) is 13.4. The lowest BCUT2D eigenvalue weighted by atomic mass is 10.2. The summed E-state index contributed by atoms with van der Waals surface area (Å²) in [7, 11) is 1.52. The van der Waals surface area contributed by atoms with E-state index in [4.69, 9.17) is 30.7 Å². The number of aliphatic hydroxyl groups is 1. The molecule has 2 aromatic rings. The smallest absolute Gasteiger partial charge is 0.180 e. The second-order valence-corrected chi connectivity index (χ2v) is 4.77. The van der Waals surface area contributed by atoms with Crippen molar-refractivity contribution in [2.45, 2.75) is 27.1 Å². The number of hydrogen-bond acceptors (Lipinski definition) is 5. The molecule has 1 aromatic carbocycles. The first-order valence-corrected chi connectivity index (χ1v) is 6.46. The number of methoxy groups -OCH3 is 1. The molecule has 0 saturated carbocycles. The van der Waals surface area contributed by atoms with Gasteiger partial charge in [-0.15, -0.1) is 0 Å². The SMILES string of the molecule is COc1cc(CO)cc(Cl)c1OCc1c(C)noc1C. The number of benzene rings is 1. The molecule has 0 fully saturated rings. The van der Waals surface area contributed by atoms with Crippen LogP contribution in [0, 0.1) is 13.8 Å². The summed E-state index contributed by atoms with van der Waals surface area (Å²) >= 11 is 6.16. The molecule has 0 atom stereocenters. The molecule has 20 heavy (non-hydrogen) atoms. The fourth-order valence-corrected chi connectivity index (χ4v) is 2.14. The monoisotopic (exact) mass is 297 g/mol. The average Bonchev–Trinajstić information content (AvgIpc) is 2.76. The molecule has 0 radical (unpaired) electrons. The summed E-state index contributed by atoms with van der Waals surface area (Å²) in [6, 6.07) is 3.33. The molecule has 0 saturated heterocycles. The van der Waals surface area contributed by atoms with Crippen molar-refractivity contribution in [3.63, 3.8) is 0 Å². The van der Waals surface area contributed by atoms with Crippen molar-refractivity contribution >= 4 is 11.6 Å². The van der Waals surface area contributed by atoms with Crippen LogP contribution >= 0.6 is 11.6 Å². The highest BCUT2D eigenvalue weighted by molar-refractivity contribution is 6.32. The minimum Gasteiger partial charge on any atom is -0.493 e. The Kier molecular flexibility index (Phi) is 4.52. The van der Waals surface area contributed by atoms with Crippen molar-refractivity contribution in [2.24, 2.45) is 0 Å². The second-order valence-electron chi connectivity index (χ2n) is 4.36. The van der Waals surface area contributed by atoms with Gasteiger partial charge in [-0.3, -0.25) is 0 Å². The molecule has 0 aliphatic rings. The molecule has 0 bridgehead atoms. The number of rotatable bonds is 5. The van der Waals surface area contributed by atoms with Crippen LogP contribution in [0.15, 0.2) is 16.7 Å². The fourth-order valence-electron chi connectivity index (χ4n) is 1.86.